The predicted molar refractivity (Wildman–Crippen MR) is 107 cm³/mol. The van der Waals surface area contributed by atoms with E-state index < -0.39 is 24.2 Å². The average Bonchev–Trinajstić information content (AvgIpc) is 2.73. The summed E-state index contributed by atoms with van der Waals surface area (Å²) in [6.07, 6.45) is -1.43. The van der Waals surface area contributed by atoms with Gasteiger partial charge in [0.15, 0.2) is 6.61 Å². The van der Waals surface area contributed by atoms with Crippen LogP contribution in [0, 0.1) is 0 Å². The highest BCUT2D eigenvalue weighted by Gasteiger charge is 2.28. The van der Waals surface area contributed by atoms with Gasteiger partial charge in [-0.05, 0) is 42.0 Å². The number of halogens is 4. The zero-order valence-corrected chi connectivity index (χ0v) is 16.7. The van der Waals surface area contributed by atoms with Gasteiger partial charge in [0.05, 0.1) is 10.7 Å². The largest absolute Gasteiger partial charge is 0.484 e. The molecule has 3 aromatic rings. The fourth-order valence-electron chi connectivity index (χ4n) is 2.54. The topological polar surface area (TPSA) is 86.1 Å². The van der Waals surface area contributed by atoms with Crippen molar-refractivity contribution < 1.29 is 22.7 Å². The first-order valence-electron chi connectivity index (χ1n) is 8.94. The van der Waals surface area contributed by atoms with E-state index in [1.807, 2.05) is 0 Å². The second kappa shape index (κ2) is 9.61. The van der Waals surface area contributed by atoms with Crippen LogP contribution in [0.3, 0.4) is 0 Å². The summed E-state index contributed by atoms with van der Waals surface area (Å²) >= 11 is 5.99. The lowest BCUT2D eigenvalue weighted by Crippen LogP contribution is -2.33. The molecule has 0 unspecified atom stereocenters. The van der Waals surface area contributed by atoms with Gasteiger partial charge < -0.3 is 10.1 Å². The van der Waals surface area contributed by atoms with Gasteiger partial charge in [0.1, 0.15) is 12.3 Å². The smallest absolute Gasteiger partial charge is 0.422 e. The number of pyridine rings is 1. The van der Waals surface area contributed by atoms with E-state index in [4.69, 9.17) is 11.6 Å². The van der Waals surface area contributed by atoms with Crippen LogP contribution in [-0.4, -0.2) is 33.5 Å². The second-order valence-corrected chi connectivity index (χ2v) is 6.79. The molecule has 0 aliphatic heterocycles. The van der Waals surface area contributed by atoms with E-state index in [0.29, 0.717) is 21.8 Å². The Hall–Kier alpha value is -3.40. The molecule has 1 amide bonds. The Morgan fingerprint density at radius 1 is 1.13 bits per heavy atom. The summed E-state index contributed by atoms with van der Waals surface area (Å²) in [4.78, 5) is 28.1. The molecule has 2 aromatic heterocycles. The van der Waals surface area contributed by atoms with Crippen molar-refractivity contribution in [2.75, 3.05) is 6.61 Å². The maximum atomic E-state index is 12.2. The van der Waals surface area contributed by atoms with Crippen LogP contribution in [-0.2, 0) is 17.9 Å². The van der Waals surface area contributed by atoms with E-state index in [9.17, 15) is 22.8 Å². The van der Waals surface area contributed by atoms with Crippen LogP contribution >= 0.6 is 11.6 Å². The number of carbonyl (C=O) groups is 1. The standard InChI is InChI=1S/C20H16ClF3N4O3/c21-16-10-25-8-7-14(16)9-26-18(29)11-28-19(30)6-5-17(27-28)13-1-3-15(4-2-13)31-12-20(22,23)24/h1-8,10H,9,11-12H2,(H,26,29). The van der Waals surface area contributed by atoms with Crippen molar-refractivity contribution in [1.82, 2.24) is 20.1 Å². The minimum Gasteiger partial charge on any atom is -0.484 e. The van der Waals surface area contributed by atoms with E-state index in [1.54, 1.807) is 12.3 Å². The van der Waals surface area contributed by atoms with Crippen molar-refractivity contribution in [3.05, 3.63) is 75.8 Å². The third-order valence-corrected chi connectivity index (χ3v) is 4.39. The number of ether oxygens (including phenoxy) is 1. The number of hydrogen-bond acceptors (Lipinski definition) is 5. The highest BCUT2D eigenvalue weighted by atomic mass is 35.5. The SMILES string of the molecule is O=C(Cn1nc(-c2ccc(OCC(F)(F)F)cc2)ccc1=O)NCc1ccncc1Cl. The third-order valence-electron chi connectivity index (χ3n) is 4.05. The van der Waals surface area contributed by atoms with Gasteiger partial charge in [-0.15, -0.1) is 0 Å². The molecule has 31 heavy (non-hydrogen) atoms. The van der Waals surface area contributed by atoms with Crippen molar-refractivity contribution in [2.45, 2.75) is 19.3 Å². The molecular weight excluding hydrogens is 437 g/mol. The predicted octanol–water partition coefficient (Wildman–Crippen LogP) is 3.22. The van der Waals surface area contributed by atoms with E-state index in [0.717, 1.165) is 4.68 Å². The summed E-state index contributed by atoms with van der Waals surface area (Å²) in [5.74, 6) is -0.404. The maximum Gasteiger partial charge on any atom is 0.422 e. The van der Waals surface area contributed by atoms with Crippen LogP contribution in [0.1, 0.15) is 5.56 Å². The average molecular weight is 453 g/mol. The van der Waals surface area contributed by atoms with Gasteiger partial charge in [0.25, 0.3) is 5.56 Å². The van der Waals surface area contributed by atoms with E-state index in [2.05, 4.69) is 20.1 Å². The fraction of sp³-hybridized carbons (Fsp3) is 0.200. The first-order chi connectivity index (χ1) is 14.7. The normalized spacial score (nSPS) is 11.2. The Balaban J connectivity index is 1.66. The van der Waals surface area contributed by atoms with Crippen molar-refractivity contribution in [3.63, 3.8) is 0 Å². The summed E-state index contributed by atoms with van der Waals surface area (Å²) in [5, 5.41) is 7.21. The van der Waals surface area contributed by atoms with Gasteiger partial charge in [-0.2, -0.15) is 18.3 Å². The molecule has 0 radical (unpaired) electrons. The lowest BCUT2D eigenvalue weighted by atomic mass is 10.1. The summed E-state index contributed by atoms with van der Waals surface area (Å²) in [7, 11) is 0. The van der Waals surface area contributed by atoms with Gasteiger partial charge in [0, 0.05) is 30.6 Å². The summed E-state index contributed by atoms with van der Waals surface area (Å²) < 4.78 is 42.4. The quantitative estimate of drug-likeness (QED) is 0.595. The molecule has 0 aliphatic carbocycles. The summed E-state index contributed by atoms with van der Waals surface area (Å²) in [6, 6.07) is 10.1. The number of benzene rings is 1. The Kier molecular flexibility index (Phi) is 6.91. The Morgan fingerprint density at radius 3 is 2.55 bits per heavy atom. The molecule has 3 rings (SSSR count). The molecule has 0 bridgehead atoms. The Bertz CT molecular complexity index is 1120. The Morgan fingerprint density at radius 2 is 1.87 bits per heavy atom. The first-order valence-corrected chi connectivity index (χ1v) is 9.32. The molecular formula is C20H16ClF3N4O3. The molecule has 0 aliphatic rings. The molecule has 0 fully saturated rings. The maximum absolute atomic E-state index is 12.2. The number of amides is 1. The van der Waals surface area contributed by atoms with Gasteiger partial charge in [0.2, 0.25) is 5.91 Å². The summed E-state index contributed by atoms with van der Waals surface area (Å²) in [5.41, 5.74) is 1.10. The molecule has 11 heteroatoms. The van der Waals surface area contributed by atoms with Crippen LogP contribution in [0.2, 0.25) is 5.02 Å². The highest BCUT2D eigenvalue weighted by Crippen LogP contribution is 2.22. The van der Waals surface area contributed by atoms with Gasteiger partial charge in [-0.1, -0.05) is 11.6 Å². The molecule has 1 aromatic carbocycles. The lowest BCUT2D eigenvalue weighted by molar-refractivity contribution is -0.153. The van der Waals surface area contributed by atoms with Crippen molar-refractivity contribution >= 4 is 17.5 Å². The number of nitrogens with zero attached hydrogens (tertiary/aromatic N) is 3. The van der Waals surface area contributed by atoms with Gasteiger partial charge in [-0.3, -0.25) is 14.6 Å². The molecule has 162 valence electrons. The fourth-order valence-corrected chi connectivity index (χ4v) is 2.72. The molecule has 0 atom stereocenters. The van der Waals surface area contributed by atoms with Crippen LogP contribution in [0.25, 0.3) is 11.3 Å². The highest BCUT2D eigenvalue weighted by molar-refractivity contribution is 6.31. The molecule has 2 heterocycles. The Labute approximate surface area is 179 Å². The van der Waals surface area contributed by atoms with Crippen molar-refractivity contribution in [2.24, 2.45) is 0 Å². The van der Waals surface area contributed by atoms with Gasteiger partial charge in [-0.25, -0.2) is 4.68 Å². The molecule has 0 saturated heterocycles. The number of aromatic nitrogens is 3. The van der Waals surface area contributed by atoms with Crippen LogP contribution < -0.4 is 15.6 Å². The summed E-state index contributed by atoms with van der Waals surface area (Å²) in [6.45, 7) is -1.55. The molecule has 1 N–H and O–H groups in total. The molecule has 0 spiro atoms. The number of rotatable bonds is 7. The van der Waals surface area contributed by atoms with E-state index in [-0.39, 0.29) is 18.8 Å². The zero-order chi connectivity index (χ0) is 22.4. The lowest BCUT2D eigenvalue weighted by Gasteiger charge is -2.10. The van der Waals surface area contributed by atoms with Crippen LogP contribution in [0.4, 0.5) is 13.2 Å². The molecule has 7 nitrogen and oxygen atoms in total. The molecule has 0 saturated carbocycles. The minimum absolute atomic E-state index is 0.0450. The minimum atomic E-state index is -4.43. The van der Waals surface area contributed by atoms with Crippen molar-refractivity contribution in [3.8, 4) is 17.0 Å². The number of carbonyl (C=O) groups excluding carboxylic acids is 1. The number of alkyl halides is 3. The zero-order valence-electron chi connectivity index (χ0n) is 15.9. The number of nitrogens with one attached hydrogen (secondary N) is 1. The number of hydrogen-bond donors (Lipinski definition) is 1. The van der Waals surface area contributed by atoms with E-state index >= 15 is 0 Å². The van der Waals surface area contributed by atoms with Crippen LogP contribution in [0.5, 0.6) is 5.75 Å². The van der Waals surface area contributed by atoms with Crippen LogP contribution in [0.15, 0.2) is 59.7 Å². The first kappa shape index (κ1) is 22.3. The second-order valence-electron chi connectivity index (χ2n) is 6.39. The van der Waals surface area contributed by atoms with E-state index in [1.165, 1.54) is 42.6 Å². The third kappa shape index (κ3) is 6.54. The van der Waals surface area contributed by atoms with Crippen molar-refractivity contribution in [1.29, 1.82) is 0 Å². The van der Waals surface area contributed by atoms with Gasteiger partial charge >= 0.3 is 6.18 Å². The monoisotopic (exact) mass is 452 g/mol.